The fraction of sp³-hybridized carbons (Fsp3) is 0.136. The number of benzene rings is 3. The van der Waals surface area contributed by atoms with Crippen LogP contribution in [-0.2, 0) is 0 Å². The lowest BCUT2D eigenvalue weighted by molar-refractivity contribution is 0.572. The minimum Gasteiger partial charge on any atom is -0.360 e. The molecule has 136 valence electrons. The molecule has 1 N–H and O–H groups in total. The molecular weight excluding hydrogens is 395 g/mol. The average molecular weight is 413 g/mol. The Labute approximate surface area is 173 Å². The summed E-state index contributed by atoms with van der Waals surface area (Å²) < 4.78 is 0. The third-order valence-corrected chi connectivity index (χ3v) is 5.98. The second-order valence-corrected chi connectivity index (χ2v) is 8.07. The van der Waals surface area contributed by atoms with Crippen LogP contribution in [-0.4, -0.2) is 12.1 Å². The predicted molar refractivity (Wildman–Crippen MR) is 116 cm³/mol. The van der Waals surface area contributed by atoms with Gasteiger partial charge in [0.15, 0.2) is 0 Å². The zero-order valence-electron chi connectivity index (χ0n) is 14.7. The Morgan fingerprint density at radius 1 is 0.815 bits per heavy atom. The lowest BCUT2D eigenvalue weighted by atomic mass is 9.95. The van der Waals surface area contributed by atoms with E-state index in [-0.39, 0.29) is 12.1 Å². The van der Waals surface area contributed by atoms with Crippen LogP contribution in [0.3, 0.4) is 0 Å². The maximum Gasteiger partial charge on any atom is 0.130 e. The molecule has 5 heteroatoms. The van der Waals surface area contributed by atoms with E-state index in [1.54, 1.807) is 11.8 Å². The smallest absolute Gasteiger partial charge is 0.130 e. The Kier molecular flexibility index (Phi) is 5.44. The van der Waals surface area contributed by atoms with Gasteiger partial charge in [-0.15, -0.1) is 11.8 Å². The molecule has 0 radical (unpaired) electrons. The van der Waals surface area contributed by atoms with Crippen molar-refractivity contribution in [3.8, 4) is 0 Å². The molecule has 0 bridgehead atoms. The van der Waals surface area contributed by atoms with E-state index in [0.29, 0.717) is 0 Å². The minimum atomic E-state index is -0.0339. The normalized spacial score (nSPS) is 18.9. The molecule has 0 amide bonds. The Hall–Kier alpha value is -1.94. The van der Waals surface area contributed by atoms with E-state index in [1.807, 2.05) is 42.5 Å². The van der Waals surface area contributed by atoms with Gasteiger partial charge in [0.1, 0.15) is 11.9 Å². The SMILES string of the molecule is CSc1ccccc1C1=N[C@H](c2ccc(Cl)cc2)[C@H](c2ccc(Cl)cc2)N1. The summed E-state index contributed by atoms with van der Waals surface area (Å²) in [5, 5.41) is 5.10. The van der Waals surface area contributed by atoms with Crippen molar-refractivity contribution < 1.29 is 0 Å². The molecular formula is C22H18Cl2N2S. The quantitative estimate of drug-likeness (QED) is 0.491. The molecule has 1 aliphatic rings. The molecule has 2 atom stereocenters. The van der Waals surface area contributed by atoms with E-state index < -0.39 is 0 Å². The molecule has 0 fully saturated rings. The summed E-state index contributed by atoms with van der Waals surface area (Å²) in [4.78, 5) is 6.27. The third kappa shape index (κ3) is 3.86. The standard InChI is InChI=1S/C22H18Cl2N2S/c1-27-19-5-3-2-4-18(19)22-25-20(14-6-10-16(23)11-7-14)21(26-22)15-8-12-17(24)13-9-15/h2-13,20-21H,1H3,(H,25,26)/t20-,21+. The summed E-state index contributed by atoms with van der Waals surface area (Å²) in [6, 6.07) is 24.2. The molecule has 0 saturated heterocycles. The van der Waals surface area contributed by atoms with Gasteiger partial charge in [-0.25, -0.2) is 0 Å². The summed E-state index contributed by atoms with van der Waals surface area (Å²) in [5.74, 6) is 0.917. The van der Waals surface area contributed by atoms with Crippen LogP contribution in [0.15, 0.2) is 82.7 Å². The highest BCUT2D eigenvalue weighted by molar-refractivity contribution is 7.98. The lowest BCUT2D eigenvalue weighted by Crippen LogP contribution is -2.25. The van der Waals surface area contributed by atoms with E-state index >= 15 is 0 Å². The number of aliphatic imine (C=N–C) groups is 1. The predicted octanol–water partition coefficient (Wildman–Crippen LogP) is 6.55. The van der Waals surface area contributed by atoms with Crippen molar-refractivity contribution in [3.05, 3.63) is 99.5 Å². The first-order valence-electron chi connectivity index (χ1n) is 8.64. The number of nitrogens with zero attached hydrogens (tertiary/aromatic N) is 1. The molecule has 4 rings (SSSR count). The molecule has 0 saturated carbocycles. The van der Waals surface area contributed by atoms with Gasteiger partial charge in [0.25, 0.3) is 0 Å². The Morgan fingerprint density at radius 3 is 2.04 bits per heavy atom. The molecule has 0 aromatic heterocycles. The fourth-order valence-electron chi connectivity index (χ4n) is 3.33. The summed E-state index contributed by atoms with van der Waals surface area (Å²) >= 11 is 13.9. The van der Waals surface area contributed by atoms with E-state index in [9.17, 15) is 0 Å². The molecule has 3 aromatic rings. The van der Waals surface area contributed by atoms with Crippen molar-refractivity contribution in [1.82, 2.24) is 5.32 Å². The molecule has 0 unspecified atom stereocenters. The molecule has 1 heterocycles. The molecule has 0 spiro atoms. The number of thioether (sulfide) groups is 1. The molecule has 2 nitrogen and oxygen atoms in total. The Morgan fingerprint density at radius 2 is 1.41 bits per heavy atom. The second-order valence-electron chi connectivity index (χ2n) is 6.35. The first kappa shape index (κ1) is 18.4. The monoisotopic (exact) mass is 412 g/mol. The van der Waals surface area contributed by atoms with Gasteiger partial charge in [-0.2, -0.15) is 0 Å². The highest BCUT2D eigenvalue weighted by Crippen LogP contribution is 2.38. The first-order chi connectivity index (χ1) is 13.2. The van der Waals surface area contributed by atoms with Gasteiger partial charge >= 0.3 is 0 Å². The van der Waals surface area contributed by atoms with Crippen molar-refractivity contribution >= 4 is 40.8 Å². The number of hydrogen-bond donors (Lipinski definition) is 1. The minimum absolute atomic E-state index is 0.0339. The maximum atomic E-state index is 6.09. The van der Waals surface area contributed by atoms with Gasteiger partial charge in [-0.1, -0.05) is 65.7 Å². The van der Waals surface area contributed by atoms with Gasteiger partial charge in [-0.3, -0.25) is 4.99 Å². The second kappa shape index (κ2) is 7.97. The highest BCUT2D eigenvalue weighted by Gasteiger charge is 2.32. The Balaban J connectivity index is 1.77. The third-order valence-electron chi connectivity index (χ3n) is 4.68. The number of rotatable bonds is 4. The number of amidine groups is 1. The van der Waals surface area contributed by atoms with Crippen molar-refractivity contribution in [3.63, 3.8) is 0 Å². The largest absolute Gasteiger partial charge is 0.360 e. The Bertz CT molecular complexity index is 968. The van der Waals surface area contributed by atoms with E-state index in [2.05, 4.69) is 41.9 Å². The topological polar surface area (TPSA) is 24.4 Å². The van der Waals surface area contributed by atoms with Crippen LogP contribution in [0.1, 0.15) is 28.8 Å². The van der Waals surface area contributed by atoms with Crippen LogP contribution in [0.4, 0.5) is 0 Å². The number of hydrogen-bond acceptors (Lipinski definition) is 3. The molecule has 3 aromatic carbocycles. The van der Waals surface area contributed by atoms with Crippen LogP contribution in [0.2, 0.25) is 10.0 Å². The fourth-order valence-corrected chi connectivity index (χ4v) is 4.18. The van der Waals surface area contributed by atoms with E-state index in [0.717, 1.165) is 32.6 Å². The van der Waals surface area contributed by atoms with Gasteiger partial charge in [-0.05, 0) is 47.7 Å². The summed E-state index contributed by atoms with van der Waals surface area (Å²) in [6.07, 6.45) is 2.09. The van der Waals surface area contributed by atoms with Gasteiger partial charge in [0, 0.05) is 20.5 Å². The van der Waals surface area contributed by atoms with Crippen molar-refractivity contribution in [2.45, 2.75) is 17.0 Å². The number of nitrogens with one attached hydrogen (secondary N) is 1. The lowest BCUT2D eigenvalue weighted by Gasteiger charge is -2.20. The maximum absolute atomic E-state index is 6.09. The molecule has 27 heavy (non-hydrogen) atoms. The summed E-state index contributed by atoms with van der Waals surface area (Å²) in [6.45, 7) is 0. The zero-order chi connectivity index (χ0) is 18.8. The van der Waals surface area contributed by atoms with Gasteiger partial charge in [0.2, 0.25) is 0 Å². The average Bonchev–Trinajstić information content (AvgIpc) is 3.14. The van der Waals surface area contributed by atoms with Crippen molar-refractivity contribution in [2.24, 2.45) is 4.99 Å². The number of halogens is 2. The summed E-state index contributed by atoms with van der Waals surface area (Å²) in [7, 11) is 0. The zero-order valence-corrected chi connectivity index (χ0v) is 17.0. The summed E-state index contributed by atoms with van der Waals surface area (Å²) in [5.41, 5.74) is 3.41. The van der Waals surface area contributed by atoms with Gasteiger partial charge < -0.3 is 5.32 Å². The molecule has 0 aliphatic carbocycles. The van der Waals surface area contributed by atoms with Crippen molar-refractivity contribution in [2.75, 3.05) is 6.26 Å². The van der Waals surface area contributed by atoms with Crippen LogP contribution >= 0.6 is 35.0 Å². The van der Waals surface area contributed by atoms with Gasteiger partial charge in [0.05, 0.1) is 6.04 Å². The van der Waals surface area contributed by atoms with Crippen LogP contribution < -0.4 is 5.32 Å². The van der Waals surface area contributed by atoms with E-state index in [4.69, 9.17) is 28.2 Å². The van der Waals surface area contributed by atoms with Crippen LogP contribution in [0.25, 0.3) is 0 Å². The van der Waals surface area contributed by atoms with Crippen LogP contribution in [0.5, 0.6) is 0 Å². The molecule has 1 aliphatic heterocycles. The highest BCUT2D eigenvalue weighted by atomic mass is 35.5. The van der Waals surface area contributed by atoms with E-state index in [1.165, 1.54) is 4.90 Å². The van der Waals surface area contributed by atoms with Crippen molar-refractivity contribution in [1.29, 1.82) is 0 Å². The van der Waals surface area contributed by atoms with Crippen LogP contribution in [0, 0.1) is 0 Å². The first-order valence-corrected chi connectivity index (χ1v) is 10.6.